The Morgan fingerprint density at radius 3 is 1.43 bits per heavy atom. The number of hydrogen-bond acceptors (Lipinski definition) is 4. The van der Waals surface area contributed by atoms with Gasteiger partial charge < -0.3 is 0 Å². The van der Waals surface area contributed by atoms with Crippen LogP contribution in [0.2, 0.25) is 0 Å². The Morgan fingerprint density at radius 1 is 0.929 bits per heavy atom. The van der Waals surface area contributed by atoms with Gasteiger partial charge in [0.2, 0.25) is 0 Å². The van der Waals surface area contributed by atoms with Gasteiger partial charge in [-0.05, 0) is 0 Å². The van der Waals surface area contributed by atoms with Gasteiger partial charge in [0, 0.05) is 0 Å². The van der Waals surface area contributed by atoms with E-state index in [1.165, 1.54) is 0 Å². The number of halogens is 5. The molecule has 0 atom stereocenters. The van der Waals surface area contributed by atoms with Crippen molar-refractivity contribution in [2.75, 3.05) is 0 Å². The van der Waals surface area contributed by atoms with Crippen LogP contribution in [-0.2, 0) is 9.05 Å². The van der Waals surface area contributed by atoms with Gasteiger partial charge in [-0.15, -0.1) is 0 Å². The van der Waals surface area contributed by atoms with E-state index in [1.54, 1.807) is 0 Å². The number of alkyl halides is 4. The minimum Gasteiger partial charge on any atom is -0.230 e. The molecule has 0 saturated carbocycles. The zero-order chi connectivity index (χ0) is 11.4. The van der Waals surface area contributed by atoms with Crippen LogP contribution in [0.15, 0.2) is 0 Å². The van der Waals surface area contributed by atoms with Gasteiger partial charge in [-0.25, -0.2) is 9.05 Å². The Hall–Kier alpha value is -1.02. The van der Waals surface area contributed by atoms with E-state index in [1.807, 2.05) is 0 Å². The van der Waals surface area contributed by atoms with Gasteiger partial charge in [0.15, 0.2) is 12.1 Å². The second-order valence-corrected chi connectivity index (χ2v) is 2.44. The fourth-order valence-electron chi connectivity index (χ4n) is 0.240. The molecule has 14 heavy (non-hydrogen) atoms. The van der Waals surface area contributed by atoms with Crippen molar-refractivity contribution in [3.8, 4) is 12.1 Å². The van der Waals surface area contributed by atoms with Gasteiger partial charge >= 0.3 is 20.9 Å². The topological polar surface area (TPSA) is 66.0 Å². The van der Waals surface area contributed by atoms with Gasteiger partial charge in [0.25, 0.3) is 0 Å². The molecule has 0 aliphatic rings. The first-order valence-corrected chi connectivity index (χ1v) is 3.71. The van der Waals surface area contributed by atoms with Crippen LogP contribution in [0.3, 0.4) is 0 Å². The van der Waals surface area contributed by atoms with E-state index in [9.17, 15) is 21.8 Å². The summed E-state index contributed by atoms with van der Waals surface area (Å²) in [7, 11) is -4.21. The van der Waals surface area contributed by atoms with Crippen molar-refractivity contribution in [2.24, 2.45) is 0 Å². The highest BCUT2D eigenvalue weighted by Gasteiger charge is 2.42. The lowest BCUT2D eigenvalue weighted by molar-refractivity contribution is -0.164. The Morgan fingerprint density at radius 2 is 1.21 bits per heavy atom. The van der Waals surface area contributed by atoms with Crippen LogP contribution in [0.25, 0.3) is 0 Å². The van der Waals surface area contributed by atoms with E-state index in [4.69, 9.17) is 10.5 Å². The maximum atomic E-state index is 12.1. The summed E-state index contributed by atoms with van der Waals surface area (Å²) in [5, 5.41) is 15.2. The summed E-state index contributed by atoms with van der Waals surface area (Å²) in [4.78, 5) is 0. The summed E-state index contributed by atoms with van der Waals surface area (Å²) in [5.41, 5.74) is 0. The largest absolute Gasteiger partial charge is 0.455 e. The molecular weight excluding hydrogens is 234 g/mol. The summed E-state index contributed by atoms with van der Waals surface area (Å²) in [6.45, 7) is 0. The average Bonchev–Trinajstić information content (AvgIpc) is 2.02. The summed E-state index contributed by atoms with van der Waals surface area (Å²) in [6.07, 6.45) is -9.15. The van der Waals surface area contributed by atoms with E-state index in [0.29, 0.717) is 0 Å². The lowest BCUT2D eigenvalue weighted by Crippen LogP contribution is -2.19. The van der Waals surface area contributed by atoms with Gasteiger partial charge in [-0.3, -0.25) is 0 Å². The van der Waals surface area contributed by atoms with Gasteiger partial charge in [0.05, 0.1) is 0 Å². The Bertz CT molecular complexity index is 256. The third-order valence-corrected chi connectivity index (χ3v) is 1.38. The number of rotatable bonds is 4. The molecule has 0 amide bonds. The summed E-state index contributed by atoms with van der Waals surface area (Å²) < 4.78 is 65.3. The first kappa shape index (κ1) is 13.0. The van der Waals surface area contributed by atoms with Gasteiger partial charge in [0.1, 0.15) is 0 Å². The molecule has 10 heteroatoms. The van der Waals surface area contributed by atoms with E-state index in [0.717, 1.165) is 0 Å². The van der Waals surface area contributed by atoms with Crippen molar-refractivity contribution in [1.82, 2.24) is 0 Å². The standard InChI is InChI=1S/C4F5N2O2P/c5-3(6,1-10)12-14(9)13-4(7,8)2-11. The molecule has 0 saturated heterocycles. The van der Waals surface area contributed by atoms with Crippen LogP contribution in [0.5, 0.6) is 0 Å². The molecule has 0 fully saturated rings. The fraction of sp³-hybridized carbons (Fsp3) is 0.500. The fourth-order valence-corrected chi connectivity index (χ4v) is 0.719. The molecule has 0 unspecified atom stereocenters. The predicted molar refractivity (Wildman–Crippen MR) is 31.3 cm³/mol. The molecule has 4 nitrogen and oxygen atoms in total. The molecule has 0 aromatic rings. The SMILES string of the molecule is N#CC(F)(F)OP(F)OC(F)(F)C#N. The normalized spacial score (nSPS) is 12.3. The molecule has 0 aliphatic carbocycles. The van der Waals surface area contributed by atoms with Crippen LogP contribution in [0.1, 0.15) is 0 Å². The second kappa shape index (κ2) is 4.47. The van der Waals surface area contributed by atoms with Crippen molar-refractivity contribution < 1.29 is 30.8 Å². The number of nitriles is 2. The first-order chi connectivity index (χ1) is 6.22. The molecule has 0 aromatic heterocycles. The minimum atomic E-state index is -4.58. The van der Waals surface area contributed by atoms with Crippen molar-refractivity contribution in [2.45, 2.75) is 12.2 Å². The van der Waals surface area contributed by atoms with Gasteiger partial charge in [-0.2, -0.15) is 32.3 Å². The highest BCUT2D eigenvalue weighted by molar-refractivity contribution is 7.41. The maximum absolute atomic E-state index is 12.1. The van der Waals surface area contributed by atoms with E-state index >= 15 is 0 Å². The van der Waals surface area contributed by atoms with Crippen LogP contribution in [0.4, 0.5) is 21.8 Å². The second-order valence-electron chi connectivity index (χ2n) is 1.65. The number of nitrogens with zero attached hydrogens (tertiary/aromatic N) is 2. The third-order valence-electron chi connectivity index (χ3n) is 0.633. The quantitative estimate of drug-likeness (QED) is 0.553. The average molecular weight is 234 g/mol. The molecule has 0 aromatic carbocycles. The molecule has 0 aliphatic heterocycles. The third kappa shape index (κ3) is 4.87. The molecule has 0 bridgehead atoms. The lowest BCUT2D eigenvalue weighted by atomic mass is 10.7. The zero-order valence-electron chi connectivity index (χ0n) is 6.05. The van der Waals surface area contributed by atoms with Crippen LogP contribution >= 0.6 is 8.69 Å². The molecular formula is C4F5N2O2P. The molecule has 0 N–H and O–H groups in total. The minimum absolute atomic E-state index is 0.189. The molecule has 0 radical (unpaired) electrons. The van der Waals surface area contributed by atoms with Crippen molar-refractivity contribution in [3.05, 3.63) is 0 Å². The summed E-state index contributed by atoms with van der Waals surface area (Å²) in [6, 6.07) is 0.378. The Kier molecular flexibility index (Phi) is 4.14. The Balaban J connectivity index is 4.22. The van der Waals surface area contributed by atoms with Crippen molar-refractivity contribution in [3.63, 3.8) is 0 Å². The van der Waals surface area contributed by atoms with Crippen molar-refractivity contribution in [1.29, 1.82) is 10.5 Å². The summed E-state index contributed by atoms with van der Waals surface area (Å²) >= 11 is 0. The van der Waals surface area contributed by atoms with Crippen LogP contribution in [0, 0.1) is 22.7 Å². The smallest absolute Gasteiger partial charge is 0.230 e. The van der Waals surface area contributed by atoms with Gasteiger partial charge in [-0.1, -0.05) is 0 Å². The number of hydrogen-bond donors (Lipinski definition) is 0. The zero-order valence-corrected chi connectivity index (χ0v) is 6.94. The molecule has 0 rings (SSSR count). The summed E-state index contributed by atoms with van der Waals surface area (Å²) in [5.74, 6) is 0. The molecule has 0 heterocycles. The van der Waals surface area contributed by atoms with E-state index in [2.05, 4.69) is 9.05 Å². The molecule has 78 valence electrons. The van der Waals surface area contributed by atoms with Crippen molar-refractivity contribution >= 4 is 8.69 Å². The highest BCUT2D eigenvalue weighted by Crippen LogP contribution is 2.48. The van der Waals surface area contributed by atoms with E-state index in [-0.39, 0.29) is 12.1 Å². The van der Waals surface area contributed by atoms with E-state index < -0.39 is 20.9 Å². The predicted octanol–water partition coefficient (Wildman–Crippen LogP) is 2.45. The van der Waals surface area contributed by atoms with Crippen LogP contribution in [-0.4, -0.2) is 12.2 Å². The maximum Gasteiger partial charge on any atom is 0.455 e. The molecule has 0 spiro atoms. The monoisotopic (exact) mass is 234 g/mol. The Labute approximate surface area is 75.5 Å². The highest BCUT2D eigenvalue weighted by atomic mass is 31.2. The first-order valence-electron chi connectivity index (χ1n) is 2.65. The van der Waals surface area contributed by atoms with Crippen LogP contribution < -0.4 is 0 Å². The lowest BCUT2D eigenvalue weighted by Gasteiger charge is -2.13.